The first-order valence-corrected chi connectivity index (χ1v) is 10.6. The van der Waals surface area contributed by atoms with Crippen molar-refractivity contribution in [2.45, 2.75) is 92.1 Å². The number of aliphatic hydroxyl groups is 11. The summed E-state index contributed by atoms with van der Waals surface area (Å²) >= 11 is 0. The topological polar surface area (TPSA) is 269 Å². The molecule has 0 bridgehead atoms. The molecule has 0 amide bonds. The maximum absolute atomic E-state index is 10.3. The van der Waals surface area contributed by atoms with E-state index in [1.807, 2.05) is 0 Å². The van der Waals surface area contributed by atoms with Gasteiger partial charge in [-0.05, 0) is 0 Å². The molecule has 0 aliphatic carbocycles. The molecule has 16 nitrogen and oxygen atoms in total. The Morgan fingerprint density at radius 2 is 1.03 bits per heavy atom. The van der Waals surface area contributed by atoms with Crippen LogP contribution in [-0.4, -0.2) is 168 Å². The van der Waals surface area contributed by atoms with Crippen molar-refractivity contribution in [1.29, 1.82) is 0 Å². The van der Waals surface area contributed by atoms with E-state index >= 15 is 0 Å². The molecule has 11 N–H and O–H groups in total. The minimum absolute atomic E-state index is 0.609. The molecule has 0 spiro atoms. The van der Waals surface area contributed by atoms with Crippen LogP contribution in [0.25, 0.3) is 0 Å². The number of hydrogen-bond donors (Lipinski definition) is 11. The molecule has 3 aliphatic rings. The molecule has 0 aromatic carbocycles. The van der Waals surface area contributed by atoms with Crippen molar-refractivity contribution in [3.05, 3.63) is 0 Å². The zero-order valence-corrected chi connectivity index (χ0v) is 17.7. The van der Waals surface area contributed by atoms with Gasteiger partial charge >= 0.3 is 0 Å². The molecule has 3 aliphatic heterocycles. The second-order valence-electron chi connectivity index (χ2n) is 8.37. The van der Waals surface area contributed by atoms with Gasteiger partial charge in [0.05, 0.1) is 19.8 Å². The highest BCUT2D eigenvalue weighted by atomic mass is 16.7. The molecule has 3 fully saturated rings. The number of aliphatic hydroxyl groups excluding tert-OH is 11. The molecular formula is C18H32O16. The standard InChI is InChI=1S/C18H32O16/c19-1-4-7(21)9(23)13(27)17(32-4)30-3-6-8(22)10(24)14(28)18(33-6)34-15-5(2-20)31-16(29)12(26)11(15)25/h4-29H,1-3H2/t4-,5+,6+,7-,8-,9-,10-,11+,12+,13-,14+,15-,16-,17-,18+/m1/s1. The third-order valence-corrected chi connectivity index (χ3v) is 6.07. The van der Waals surface area contributed by atoms with Crippen molar-refractivity contribution in [3.63, 3.8) is 0 Å². The molecule has 0 saturated carbocycles. The zero-order valence-electron chi connectivity index (χ0n) is 17.7. The minimum Gasteiger partial charge on any atom is -0.394 e. The summed E-state index contributed by atoms with van der Waals surface area (Å²) in [6.45, 7) is -2.07. The van der Waals surface area contributed by atoms with Gasteiger partial charge in [-0.2, -0.15) is 0 Å². The quantitative estimate of drug-likeness (QED) is 0.154. The van der Waals surface area contributed by atoms with Gasteiger partial charge in [-0.3, -0.25) is 0 Å². The summed E-state index contributed by atoms with van der Waals surface area (Å²) in [5.74, 6) is 0. The zero-order chi connectivity index (χ0) is 25.3. The third-order valence-electron chi connectivity index (χ3n) is 6.07. The van der Waals surface area contributed by atoms with Crippen LogP contribution in [0, 0.1) is 0 Å². The Bertz CT molecular complexity index is 637. The molecule has 34 heavy (non-hydrogen) atoms. The van der Waals surface area contributed by atoms with E-state index in [0.717, 1.165) is 0 Å². The summed E-state index contributed by atoms with van der Waals surface area (Å²) in [5, 5.41) is 109. The van der Waals surface area contributed by atoms with E-state index in [1.165, 1.54) is 0 Å². The second-order valence-corrected chi connectivity index (χ2v) is 8.37. The summed E-state index contributed by atoms with van der Waals surface area (Å²) in [6.07, 6.45) is -24.9. The van der Waals surface area contributed by atoms with Gasteiger partial charge < -0.3 is 79.9 Å². The minimum atomic E-state index is -1.87. The first kappa shape index (κ1) is 27.9. The van der Waals surface area contributed by atoms with E-state index in [9.17, 15) is 56.2 Å². The number of ether oxygens (including phenoxy) is 5. The highest BCUT2D eigenvalue weighted by molar-refractivity contribution is 4.94. The van der Waals surface area contributed by atoms with Gasteiger partial charge in [-0.1, -0.05) is 0 Å². The van der Waals surface area contributed by atoms with Gasteiger partial charge in [0.25, 0.3) is 0 Å². The Kier molecular flexibility index (Phi) is 9.54. The lowest BCUT2D eigenvalue weighted by atomic mass is 9.97. The monoisotopic (exact) mass is 504 g/mol. The van der Waals surface area contributed by atoms with Crippen molar-refractivity contribution in [1.82, 2.24) is 0 Å². The largest absolute Gasteiger partial charge is 0.394 e. The van der Waals surface area contributed by atoms with Crippen LogP contribution in [0.3, 0.4) is 0 Å². The maximum Gasteiger partial charge on any atom is 0.187 e. The fourth-order valence-electron chi connectivity index (χ4n) is 3.95. The van der Waals surface area contributed by atoms with Crippen molar-refractivity contribution >= 4 is 0 Å². The molecule has 16 heteroatoms. The predicted octanol–water partition coefficient (Wildman–Crippen LogP) is -7.57. The lowest BCUT2D eigenvalue weighted by molar-refractivity contribution is -0.362. The normalized spacial score (nSPS) is 52.5. The SMILES string of the molecule is OC[C@@H]1O[C@@H](O)[C@@H](O)[C@H](O)[C@@H]1O[C@@H]1O[C@@H](CO[C@@H]2O[C@H](CO)[C@@H](O)[C@@H](O)[C@H]2O)[C@@H](O)[C@@H](O)[C@@H]1O. The maximum atomic E-state index is 10.3. The van der Waals surface area contributed by atoms with Crippen molar-refractivity contribution in [3.8, 4) is 0 Å². The van der Waals surface area contributed by atoms with Gasteiger partial charge in [0.1, 0.15) is 73.2 Å². The van der Waals surface area contributed by atoms with E-state index < -0.39 is 112 Å². The first-order valence-electron chi connectivity index (χ1n) is 10.6. The average Bonchev–Trinajstić information content (AvgIpc) is 2.82. The molecular weight excluding hydrogens is 472 g/mol. The van der Waals surface area contributed by atoms with Gasteiger partial charge in [0.2, 0.25) is 0 Å². The first-order chi connectivity index (χ1) is 16.0. The van der Waals surface area contributed by atoms with E-state index in [0.29, 0.717) is 0 Å². The van der Waals surface area contributed by atoms with Crippen LogP contribution >= 0.6 is 0 Å². The van der Waals surface area contributed by atoms with Gasteiger partial charge in [-0.15, -0.1) is 0 Å². The summed E-state index contributed by atoms with van der Waals surface area (Å²) in [5.41, 5.74) is 0. The Balaban J connectivity index is 1.66. The summed E-state index contributed by atoms with van der Waals surface area (Å²) in [4.78, 5) is 0. The molecule has 0 unspecified atom stereocenters. The van der Waals surface area contributed by atoms with Crippen molar-refractivity contribution in [2.75, 3.05) is 19.8 Å². The van der Waals surface area contributed by atoms with E-state index in [2.05, 4.69) is 0 Å². The molecule has 3 rings (SSSR count). The molecule has 0 aromatic heterocycles. The van der Waals surface area contributed by atoms with Crippen LogP contribution in [0.5, 0.6) is 0 Å². The predicted molar refractivity (Wildman–Crippen MR) is 101 cm³/mol. The highest BCUT2D eigenvalue weighted by Gasteiger charge is 2.51. The number of hydrogen-bond acceptors (Lipinski definition) is 16. The van der Waals surface area contributed by atoms with Crippen molar-refractivity contribution < 1.29 is 79.9 Å². The summed E-state index contributed by atoms with van der Waals surface area (Å²) in [6, 6.07) is 0. The van der Waals surface area contributed by atoms with Gasteiger partial charge in [0.15, 0.2) is 18.9 Å². The van der Waals surface area contributed by atoms with Gasteiger partial charge in [-0.25, -0.2) is 0 Å². The fourth-order valence-corrected chi connectivity index (χ4v) is 3.95. The van der Waals surface area contributed by atoms with Crippen molar-refractivity contribution in [2.24, 2.45) is 0 Å². The molecule has 200 valence electrons. The Morgan fingerprint density at radius 3 is 1.62 bits per heavy atom. The van der Waals surface area contributed by atoms with Crippen LogP contribution in [0.1, 0.15) is 0 Å². The average molecular weight is 504 g/mol. The third kappa shape index (κ3) is 5.52. The lowest BCUT2D eigenvalue weighted by Crippen LogP contribution is -2.65. The number of rotatable bonds is 7. The van der Waals surface area contributed by atoms with Crippen LogP contribution in [-0.2, 0) is 23.7 Å². The molecule has 3 saturated heterocycles. The molecule has 15 atom stereocenters. The fraction of sp³-hybridized carbons (Fsp3) is 1.00. The summed E-state index contributed by atoms with van der Waals surface area (Å²) < 4.78 is 26.3. The lowest BCUT2D eigenvalue weighted by Gasteiger charge is -2.45. The van der Waals surface area contributed by atoms with Gasteiger partial charge in [0, 0.05) is 0 Å². The molecule has 0 radical (unpaired) electrons. The Morgan fingerprint density at radius 1 is 0.500 bits per heavy atom. The highest BCUT2D eigenvalue weighted by Crippen LogP contribution is 2.29. The Labute approximate surface area is 192 Å². The summed E-state index contributed by atoms with van der Waals surface area (Å²) in [7, 11) is 0. The van der Waals surface area contributed by atoms with Crippen LogP contribution in [0.15, 0.2) is 0 Å². The van der Waals surface area contributed by atoms with Crippen LogP contribution in [0.2, 0.25) is 0 Å². The smallest absolute Gasteiger partial charge is 0.187 e. The Hall–Kier alpha value is -0.640. The van der Waals surface area contributed by atoms with E-state index in [-0.39, 0.29) is 0 Å². The van der Waals surface area contributed by atoms with Crippen LogP contribution in [0.4, 0.5) is 0 Å². The molecule has 3 heterocycles. The molecule has 0 aromatic rings. The van der Waals surface area contributed by atoms with E-state index in [4.69, 9.17) is 23.7 Å². The van der Waals surface area contributed by atoms with E-state index in [1.54, 1.807) is 0 Å². The second kappa shape index (κ2) is 11.6. The van der Waals surface area contributed by atoms with Crippen LogP contribution < -0.4 is 0 Å².